The topological polar surface area (TPSA) is 79.8 Å². The van der Waals surface area contributed by atoms with E-state index in [1.807, 2.05) is 0 Å². The Kier molecular flexibility index (Phi) is 4.23. The van der Waals surface area contributed by atoms with Crippen LogP contribution in [-0.2, 0) is 14.3 Å². The number of carbonyl (C=O) groups is 2. The van der Waals surface area contributed by atoms with Gasteiger partial charge in [-0.25, -0.2) is 0 Å². The van der Waals surface area contributed by atoms with E-state index in [0.29, 0.717) is 25.7 Å². The number of guanidine groups is 1. The third kappa shape index (κ3) is 4.07. The smallest absolute Gasteiger partial charge is 0.316 e. The van der Waals surface area contributed by atoms with Gasteiger partial charge in [0.1, 0.15) is 0 Å². The van der Waals surface area contributed by atoms with Crippen LogP contribution in [0.15, 0.2) is 4.99 Å². The predicted molar refractivity (Wildman–Crippen MR) is 54.2 cm³/mol. The molecule has 1 aliphatic heterocycles. The summed E-state index contributed by atoms with van der Waals surface area (Å²) in [5, 5.41) is 4.60. The molecule has 2 N–H and O–H groups in total. The average Bonchev–Trinajstić information content (AvgIpc) is 2.45. The molecule has 6 heteroatoms. The van der Waals surface area contributed by atoms with E-state index in [1.54, 1.807) is 0 Å². The van der Waals surface area contributed by atoms with Gasteiger partial charge < -0.3 is 4.74 Å². The zero-order chi connectivity index (χ0) is 11.3. The van der Waals surface area contributed by atoms with Crippen LogP contribution in [-0.4, -0.2) is 37.5 Å². The van der Waals surface area contributed by atoms with Gasteiger partial charge in [-0.2, -0.15) is 0 Å². The fourth-order valence-electron chi connectivity index (χ4n) is 0.980. The third-order valence-electron chi connectivity index (χ3n) is 1.63. The SMILES string of the molecule is CC(C)COCCN=C1NC(=O)C(=O)N1. The second kappa shape index (κ2) is 5.45. The van der Waals surface area contributed by atoms with Gasteiger partial charge in [0, 0.05) is 6.61 Å². The van der Waals surface area contributed by atoms with Crippen molar-refractivity contribution in [1.82, 2.24) is 10.6 Å². The van der Waals surface area contributed by atoms with Gasteiger partial charge in [-0.1, -0.05) is 13.8 Å². The molecule has 2 amide bonds. The highest BCUT2D eigenvalue weighted by molar-refractivity contribution is 6.45. The molecule has 1 heterocycles. The van der Waals surface area contributed by atoms with E-state index in [4.69, 9.17) is 4.74 Å². The van der Waals surface area contributed by atoms with Gasteiger partial charge in [-0.05, 0) is 5.92 Å². The number of hydrogen-bond acceptors (Lipinski definition) is 4. The first-order chi connectivity index (χ1) is 7.09. The number of carbonyl (C=O) groups excluding carboxylic acids is 2. The van der Waals surface area contributed by atoms with Crippen LogP contribution in [0.25, 0.3) is 0 Å². The number of nitrogens with one attached hydrogen (secondary N) is 2. The van der Waals surface area contributed by atoms with Crippen molar-refractivity contribution in [3.63, 3.8) is 0 Å². The van der Waals surface area contributed by atoms with E-state index in [2.05, 4.69) is 29.5 Å². The van der Waals surface area contributed by atoms with Gasteiger partial charge in [0.05, 0.1) is 13.2 Å². The number of ether oxygens (including phenoxy) is 1. The van der Waals surface area contributed by atoms with Crippen LogP contribution < -0.4 is 10.6 Å². The molecule has 1 saturated heterocycles. The molecule has 0 bridgehead atoms. The molecule has 0 unspecified atom stereocenters. The minimum Gasteiger partial charge on any atom is -0.379 e. The molecule has 1 aliphatic rings. The molecule has 1 fully saturated rings. The van der Waals surface area contributed by atoms with Gasteiger partial charge in [0.25, 0.3) is 0 Å². The second-order valence-electron chi connectivity index (χ2n) is 3.61. The Labute approximate surface area is 88.1 Å². The van der Waals surface area contributed by atoms with Crippen LogP contribution in [0.3, 0.4) is 0 Å². The molecule has 1 rings (SSSR count). The number of amides is 2. The Morgan fingerprint density at radius 3 is 2.40 bits per heavy atom. The summed E-state index contributed by atoms with van der Waals surface area (Å²) in [5.41, 5.74) is 0. The Hall–Kier alpha value is -1.43. The first-order valence-corrected chi connectivity index (χ1v) is 4.84. The van der Waals surface area contributed by atoms with E-state index in [-0.39, 0.29) is 5.96 Å². The van der Waals surface area contributed by atoms with E-state index < -0.39 is 11.8 Å². The summed E-state index contributed by atoms with van der Waals surface area (Å²) in [6, 6.07) is 0. The molecule has 6 nitrogen and oxygen atoms in total. The molecule has 84 valence electrons. The number of hydrogen-bond donors (Lipinski definition) is 2. The average molecular weight is 213 g/mol. The summed E-state index contributed by atoms with van der Waals surface area (Å²) in [6.45, 7) is 5.70. The van der Waals surface area contributed by atoms with Gasteiger partial charge in [0.2, 0.25) is 5.96 Å². The normalized spacial score (nSPS) is 15.5. The van der Waals surface area contributed by atoms with E-state index in [0.717, 1.165) is 0 Å². The largest absolute Gasteiger partial charge is 0.379 e. The molecule has 0 atom stereocenters. The highest BCUT2D eigenvalue weighted by Gasteiger charge is 2.24. The Morgan fingerprint density at radius 2 is 1.87 bits per heavy atom. The van der Waals surface area contributed by atoms with E-state index in [9.17, 15) is 9.59 Å². The Bertz CT molecular complexity index is 268. The van der Waals surface area contributed by atoms with Crippen molar-refractivity contribution in [3.05, 3.63) is 0 Å². The van der Waals surface area contributed by atoms with Crippen molar-refractivity contribution < 1.29 is 14.3 Å². The van der Waals surface area contributed by atoms with Crippen molar-refractivity contribution >= 4 is 17.8 Å². The summed E-state index contributed by atoms with van der Waals surface area (Å²) >= 11 is 0. The fraction of sp³-hybridized carbons (Fsp3) is 0.667. The summed E-state index contributed by atoms with van der Waals surface area (Å²) in [6.07, 6.45) is 0. The molecular formula is C9H15N3O3. The Morgan fingerprint density at radius 1 is 1.27 bits per heavy atom. The van der Waals surface area contributed by atoms with Crippen molar-refractivity contribution in [2.24, 2.45) is 10.9 Å². The third-order valence-corrected chi connectivity index (χ3v) is 1.63. The lowest BCUT2D eigenvalue weighted by Crippen LogP contribution is -2.26. The molecule has 0 aliphatic carbocycles. The standard InChI is InChI=1S/C9H15N3O3/c1-6(2)5-15-4-3-10-9-11-7(13)8(14)12-9/h6H,3-5H2,1-2H3,(H2,10,11,12,13,14). The zero-order valence-electron chi connectivity index (χ0n) is 8.87. The van der Waals surface area contributed by atoms with Gasteiger partial charge in [-0.3, -0.25) is 25.2 Å². The minimum absolute atomic E-state index is 0.207. The number of nitrogens with zero attached hydrogens (tertiary/aromatic N) is 1. The second-order valence-corrected chi connectivity index (χ2v) is 3.61. The lowest BCUT2D eigenvalue weighted by molar-refractivity contribution is -0.135. The van der Waals surface area contributed by atoms with Crippen LogP contribution in [0.5, 0.6) is 0 Å². The lowest BCUT2D eigenvalue weighted by atomic mass is 10.2. The summed E-state index contributed by atoms with van der Waals surface area (Å²) in [7, 11) is 0. The Balaban J connectivity index is 2.17. The molecule has 0 aromatic rings. The lowest BCUT2D eigenvalue weighted by Gasteiger charge is -2.04. The van der Waals surface area contributed by atoms with Crippen LogP contribution in [0.1, 0.15) is 13.8 Å². The van der Waals surface area contributed by atoms with Gasteiger partial charge in [0.15, 0.2) is 0 Å². The molecule has 15 heavy (non-hydrogen) atoms. The summed E-state index contributed by atoms with van der Waals surface area (Å²) < 4.78 is 5.28. The highest BCUT2D eigenvalue weighted by Crippen LogP contribution is 1.92. The van der Waals surface area contributed by atoms with Crippen molar-refractivity contribution in [3.8, 4) is 0 Å². The molecular weight excluding hydrogens is 198 g/mol. The van der Waals surface area contributed by atoms with Crippen LogP contribution in [0.4, 0.5) is 0 Å². The van der Waals surface area contributed by atoms with Gasteiger partial charge in [-0.15, -0.1) is 0 Å². The summed E-state index contributed by atoms with van der Waals surface area (Å²) in [4.78, 5) is 25.4. The first kappa shape index (κ1) is 11.6. The van der Waals surface area contributed by atoms with Crippen molar-refractivity contribution in [2.75, 3.05) is 19.8 Å². The minimum atomic E-state index is -0.670. The summed E-state index contributed by atoms with van der Waals surface area (Å²) in [5.74, 6) is -0.643. The highest BCUT2D eigenvalue weighted by atomic mass is 16.5. The number of aliphatic imine (C=N–C) groups is 1. The number of rotatable bonds is 5. The van der Waals surface area contributed by atoms with Crippen molar-refractivity contribution in [1.29, 1.82) is 0 Å². The van der Waals surface area contributed by atoms with Crippen molar-refractivity contribution in [2.45, 2.75) is 13.8 Å². The van der Waals surface area contributed by atoms with Crippen LogP contribution in [0, 0.1) is 5.92 Å². The fourth-order valence-corrected chi connectivity index (χ4v) is 0.980. The maximum absolute atomic E-state index is 10.7. The van der Waals surface area contributed by atoms with E-state index >= 15 is 0 Å². The first-order valence-electron chi connectivity index (χ1n) is 4.84. The molecule has 0 aromatic carbocycles. The van der Waals surface area contributed by atoms with Gasteiger partial charge >= 0.3 is 11.8 Å². The quantitative estimate of drug-likeness (QED) is 0.466. The zero-order valence-corrected chi connectivity index (χ0v) is 8.87. The molecule has 0 radical (unpaired) electrons. The predicted octanol–water partition coefficient (Wildman–Crippen LogP) is -0.739. The molecule has 0 spiro atoms. The van der Waals surface area contributed by atoms with E-state index in [1.165, 1.54) is 0 Å². The maximum atomic E-state index is 10.7. The van der Waals surface area contributed by atoms with Crippen LogP contribution in [0.2, 0.25) is 0 Å². The molecule has 0 aromatic heterocycles. The monoisotopic (exact) mass is 213 g/mol. The maximum Gasteiger partial charge on any atom is 0.316 e. The van der Waals surface area contributed by atoms with Crippen LogP contribution >= 0.6 is 0 Å². The molecule has 0 saturated carbocycles.